The summed E-state index contributed by atoms with van der Waals surface area (Å²) in [5.74, 6) is -0.418. The Kier molecular flexibility index (Phi) is 12.7. The van der Waals surface area contributed by atoms with Gasteiger partial charge in [-0.1, -0.05) is 50.6 Å². The quantitative estimate of drug-likeness (QED) is 0.392. The molecule has 1 aromatic carbocycles. The van der Waals surface area contributed by atoms with Crippen LogP contribution in [0.25, 0.3) is 0 Å². The molecule has 180 valence electrons. The van der Waals surface area contributed by atoms with Crippen molar-refractivity contribution in [2.45, 2.75) is 85.2 Å². The lowest BCUT2D eigenvalue weighted by atomic mass is 9.86. The fourth-order valence-corrected chi connectivity index (χ4v) is 3.51. The number of Topliss-reactive ketones (excluding diaryl/α,β-unsaturated/α-hetero) is 1. The number of nitrogens with one attached hydrogen (secondary N) is 2. The Morgan fingerprint density at radius 1 is 0.938 bits per heavy atom. The minimum Gasteiger partial charge on any atom is -0.444 e. The van der Waals surface area contributed by atoms with Crippen molar-refractivity contribution >= 4 is 17.8 Å². The van der Waals surface area contributed by atoms with Gasteiger partial charge in [-0.2, -0.15) is 0 Å². The maximum absolute atomic E-state index is 13.1. The summed E-state index contributed by atoms with van der Waals surface area (Å²) in [6, 6.07) is 10.00. The first-order valence-electron chi connectivity index (χ1n) is 12.0. The third-order valence-corrected chi connectivity index (χ3v) is 5.32. The first-order chi connectivity index (χ1) is 15.2. The average Bonchev–Trinajstić information content (AvgIpc) is 2.73. The third-order valence-electron chi connectivity index (χ3n) is 5.32. The highest BCUT2D eigenvalue weighted by molar-refractivity contribution is 5.88. The number of alkyl carbamates (subject to hydrolysis) is 1. The molecule has 0 heterocycles. The Hall–Kier alpha value is -2.37. The Balaban J connectivity index is 2.66. The molecule has 0 bridgehead atoms. The highest BCUT2D eigenvalue weighted by Crippen LogP contribution is 2.20. The van der Waals surface area contributed by atoms with Crippen molar-refractivity contribution in [1.82, 2.24) is 10.6 Å². The molecule has 0 saturated heterocycles. The molecule has 0 aliphatic carbocycles. The zero-order chi connectivity index (χ0) is 24.0. The van der Waals surface area contributed by atoms with Crippen LogP contribution in [0.15, 0.2) is 30.3 Å². The summed E-state index contributed by atoms with van der Waals surface area (Å²) in [5.41, 5.74) is 0.588. The molecular formula is C26H42N2O4. The van der Waals surface area contributed by atoms with E-state index in [4.69, 9.17) is 4.74 Å². The van der Waals surface area contributed by atoms with Crippen molar-refractivity contribution in [2.24, 2.45) is 11.8 Å². The first-order valence-corrected chi connectivity index (χ1v) is 12.0. The molecular weight excluding hydrogens is 404 g/mol. The van der Waals surface area contributed by atoms with Crippen molar-refractivity contribution in [3.63, 3.8) is 0 Å². The van der Waals surface area contributed by atoms with E-state index in [0.717, 1.165) is 24.8 Å². The van der Waals surface area contributed by atoms with Crippen molar-refractivity contribution in [2.75, 3.05) is 13.1 Å². The van der Waals surface area contributed by atoms with Gasteiger partial charge < -0.3 is 15.4 Å². The number of unbranched alkanes of at least 4 members (excludes halogenated alkanes) is 1. The topological polar surface area (TPSA) is 84.5 Å². The van der Waals surface area contributed by atoms with Gasteiger partial charge in [0.2, 0.25) is 5.91 Å². The van der Waals surface area contributed by atoms with Crippen molar-refractivity contribution < 1.29 is 19.1 Å². The van der Waals surface area contributed by atoms with E-state index in [2.05, 4.69) is 17.6 Å². The van der Waals surface area contributed by atoms with Gasteiger partial charge in [0.15, 0.2) is 0 Å². The lowest BCUT2D eigenvalue weighted by Crippen LogP contribution is -2.35. The summed E-state index contributed by atoms with van der Waals surface area (Å²) in [5, 5.41) is 5.70. The molecule has 32 heavy (non-hydrogen) atoms. The standard InChI is InChI=1S/C26H42N2O4/c1-6-8-16-27-24(30)22(15-12-17-28-25(31)32-26(3,4)5)19-23(29)21(7-2)18-20-13-10-9-11-14-20/h9-11,13-14,21-22H,6-8,12,15-19H2,1-5H3,(H,27,30)(H,28,31)/t21-,22+/m0/s1. The van der Waals surface area contributed by atoms with Crippen molar-refractivity contribution in [3.05, 3.63) is 35.9 Å². The van der Waals surface area contributed by atoms with Crippen LogP contribution in [0.3, 0.4) is 0 Å². The van der Waals surface area contributed by atoms with Crippen LogP contribution >= 0.6 is 0 Å². The molecule has 0 spiro atoms. The van der Waals surface area contributed by atoms with Gasteiger partial charge in [-0.15, -0.1) is 0 Å². The van der Waals surface area contributed by atoms with Crippen LogP contribution in [-0.2, 0) is 20.7 Å². The number of ether oxygens (including phenoxy) is 1. The maximum Gasteiger partial charge on any atom is 0.407 e. The molecule has 2 atom stereocenters. The lowest BCUT2D eigenvalue weighted by Gasteiger charge is -2.21. The highest BCUT2D eigenvalue weighted by atomic mass is 16.6. The molecule has 0 unspecified atom stereocenters. The number of hydrogen-bond acceptors (Lipinski definition) is 4. The van der Waals surface area contributed by atoms with Gasteiger partial charge in [0.05, 0.1) is 0 Å². The van der Waals surface area contributed by atoms with Gasteiger partial charge in [0.25, 0.3) is 0 Å². The minimum absolute atomic E-state index is 0.0707. The van der Waals surface area contributed by atoms with E-state index in [1.807, 2.05) is 58.0 Å². The zero-order valence-corrected chi connectivity index (χ0v) is 20.5. The number of carbonyl (C=O) groups is 3. The van der Waals surface area contributed by atoms with Gasteiger partial charge in [-0.05, 0) is 58.4 Å². The largest absolute Gasteiger partial charge is 0.444 e. The second-order valence-electron chi connectivity index (χ2n) is 9.38. The molecule has 0 aliphatic heterocycles. The van der Waals surface area contributed by atoms with E-state index in [-0.39, 0.29) is 29.9 Å². The fourth-order valence-electron chi connectivity index (χ4n) is 3.51. The Morgan fingerprint density at radius 2 is 1.59 bits per heavy atom. The third kappa shape index (κ3) is 11.9. The van der Waals surface area contributed by atoms with E-state index in [1.54, 1.807) is 0 Å². The van der Waals surface area contributed by atoms with Crippen LogP contribution in [0.4, 0.5) is 4.79 Å². The van der Waals surface area contributed by atoms with Gasteiger partial charge in [-0.25, -0.2) is 4.79 Å². The van der Waals surface area contributed by atoms with E-state index < -0.39 is 11.7 Å². The molecule has 1 rings (SSSR count). The Labute approximate surface area is 193 Å². The maximum atomic E-state index is 13.1. The molecule has 0 aromatic heterocycles. The number of benzene rings is 1. The number of amides is 2. The van der Waals surface area contributed by atoms with Gasteiger partial charge in [-0.3, -0.25) is 9.59 Å². The minimum atomic E-state index is -0.549. The molecule has 0 saturated carbocycles. The van der Waals surface area contributed by atoms with E-state index in [9.17, 15) is 14.4 Å². The van der Waals surface area contributed by atoms with Crippen LogP contribution in [0.1, 0.15) is 78.7 Å². The van der Waals surface area contributed by atoms with E-state index >= 15 is 0 Å². The number of rotatable bonds is 14. The van der Waals surface area contributed by atoms with Crippen molar-refractivity contribution in [1.29, 1.82) is 0 Å². The molecule has 1 aromatic rings. The van der Waals surface area contributed by atoms with Crippen LogP contribution < -0.4 is 10.6 Å². The Bertz CT molecular complexity index is 698. The Morgan fingerprint density at radius 3 is 2.19 bits per heavy atom. The fraction of sp³-hybridized carbons (Fsp3) is 0.654. The predicted molar refractivity (Wildman–Crippen MR) is 128 cm³/mol. The summed E-state index contributed by atoms with van der Waals surface area (Å²) < 4.78 is 5.24. The van der Waals surface area contributed by atoms with Crippen LogP contribution in [0.2, 0.25) is 0 Å². The van der Waals surface area contributed by atoms with E-state index in [0.29, 0.717) is 32.4 Å². The molecule has 6 nitrogen and oxygen atoms in total. The van der Waals surface area contributed by atoms with Crippen LogP contribution in [-0.4, -0.2) is 36.5 Å². The van der Waals surface area contributed by atoms with Crippen molar-refractivity contribution in [3.8, 4) is 0 Å². The summed E-state index contributed by atoms with van der Waals surface area (Å²) in [7, 11) is 0. The smallest absolute Gasteiger partial charge is 0.407 e. The molecule has 0 radical (unpaired) electrons. The predicted octanol–water partition coefficient (Wildman–Crippen LogP) is 5.05. The summed E-state index contributed by atoms with van der Waals surface area (Å²) >= 11 is 0. The number of carbonyl (C=O) groups excluding carboxylic acids is 3. The van der Waals surface area contributed by atoms with E-state index in [1.165, 1.54) is 0 Å². The van der Waals surface area contributed by atoms with Crippen LogP contribution in [0.5, 0.6) is 0 Å². The second kappa shape index (κ2) is 14.6. The second-order valence-corrected chi connectivity index (χ2v) is 9.38. The summed E-state index contributed by atoms with van der Waals surface area (Å²) in [4.78, 5) is 37.6. The number of ketones is 1. The average molecular weight is 447 g/mol. The normalized spacial score (nSPS) is 13.2. The lowest BCUT2D eigenvalue weighted by molar-refractivity contribution is -0.131. The zero-order valence-electron chi connectivity index (χ0n) is 20.5. The van der Waals surface area contributed by atoms with Crippen LogP contribution in [0, 0.1) is 11.8 Å². The molecule has 6 heteroatoms. The molecule has 2 N–H and O–H groups in total. The molecule has 0 fully saturated rings. The monoisotopic (exact) mass is 446 g/mol. The SMILES string of the molecule is CCCCNC(=O)[C@H](CCCNC(=O)OC(C)(C)C)CC(=O)[C@@H](CC)Cc1ccccc1. The van der Waals surface area contributed by atoms with Gasteiger partial charge in [0.1, 0.15) is 11.4 Å². The first kappa shape index (κ1) is 27.7. The van der Waals surface area contributed by atoms with Gasteiger partial charge in [0, 0.05) is 31.3 Å². The highest BCUT2D eigenvalue weighted by Gasteiger charge is 2.26. The molecule has 2 amide bonds. The number of hydrogen-bond donors (Lipinski definition) is 2. The molecule has 0 aliphatic rings. The summed E-state index contributed by atoms with van der Waals surface area (Å²) in [6.07, 6.45) is 4.27. The van der Waals surface area contributed by atoms with Gasteiger partial charge >= 0.3 is 6.09 Å². The summed E-state index contributed by atoms with van der Waals surface area (Å²) in [6.45, 7) is 10.6.